The first-order valence-electron chi connectivity index (χ1n) is 9.61. The van der Waals surface area contributed by atoms with Gasteiger partial charge in [-0.15, -0.1) is 0 Å². The maximum atomic E-state index is 12.3. The Morgan fingerprint density at radius 1 is 0.917 bits per heavy atom. The molecule has 0 atom stereocenters. The van der Waals surface area contributed by atoms with Gasteiger partial charge in [0.05, 0.1) is 0 Å². The number of rotatable bonds is 7. The Balaban J connectivity index is 1.61. The van der Waals surface area contributed by atoms with E-state index in [-0.39, 0.29) is 30.1 Å². The summed E-state index contributed by atoms with van der Waals surface area (Å²) in [6, 6.07) is 0.145. The van der Waals surface area contributed by atoms with Crippen molar-refractivity contribution in [3.63, 3.8) is 0 Å². The third-order valence-corrected chi connectivity index (χ3v) is 5.41. The molecule has 1 N–H and O–H groups in total. The lowest BCUT2D eigenvalue weighted by atomic mass is 9.86. The molecule has 0 spiro atoms. The van der Waals surface area contributed by atoms with E-state index in [2.05, 4.69) is 5.32 Å². The zero-order chi connectivity index (χ0) is 17.4. The number of carbonyl (C=O) groups is 3. The van der Waals surface area contributed by atoms with E-state index >= 15 is 0 Å². The lowest BCUT2D eigenvalue weighted by molar-refractivity contribution is -0.133. The number of hydrogen-bond acceptors (Lipinski definition) is 3. The summed E-state index contributed by atoms with van der Waals surface area (Å²) in [7, 11) is 0. The van der Waals surface area contributed by atoms with Gasteiger partial charge < -0.3 is 15.0 Å². The van der Waals surface area contributed by atoms with E-state index in [1.807, 2.05) is 4.90 Å². The second kappa shape index (κ2) is 9.80. The van der Waals surface area contributed by atoms with Gasteiger partial charge in [0, 0.05) is 38.4 Å². The molecule has 1 heterocycles. The molecule has 2 rings (SSSR count). The highest BCUT2D eigenvalue weighted by atomic mass is 16.2. The summed E-state index contributed by atoms with van der Waals surface area (Å²) in [5.41, 5.74) is 0. The highest BCUT2D eigenvalue weighted by Gasteiger charge is 2.24. The minimum Gasteiger partial charge on any atom is -0.353 e. The van der Waals surface area contributed by atoms with Crippen molar-refractivity contribution in [2.45, 2.75) is 83.6 Å². The molecule has 0 aromatic heterocycles. The van der Waals surface area contributed by atoms with Crippen molar-refractivity contribution >= 4 is 17.6 Å². The smallest absolute Gasteiger partial charge is 0.222 e. The number of Topliss-reactive ketones (excluding diaryl/α,β-unsaturated/α-hetero) is 1. The van der Waals surface area contributed by atoms with Crippen LogP contribution in [0.5, 0.6) is 0 Å². The number of hydrogen-bond donors (Lipinski definition) is 1. The summed E-state index contributed by atoms with van der Waals surface area (Å²) in [5, 5.41) is 2.99. The molecular formula is C19H32N2O3. The van der Waals surface area contributed by atoms with Crippen molar-refractivity contribution in [2.75, 3.05) is 13.1 Å². The van der Waals surface area contributed by atoms with Crippen molar-refractivity contribution < 1.29 is 14.4 Å². The van der Waals surface area contributed by atoms with E-state index in [0.717, 1.165) is 38.3 Å². The van der Waals surface area contributed by atoms with Gasteiger partial charge in [-0.25, -0.2) is 0 Å². The summed E-state index contributed by atoms with van der Waals surface area (Å²) < 4.78 is 0. The normalized spacial score (nSPS) is 20.0. The van der Waals surface area contributed by atoms with E-state index in [0.29, 0.717) is 12.8 Å². The van der Waals surface area contributed by atoms with Crippen LogP contribution in [0.1, 0.15) is 77.6 Å². The summed E-state index contributed by atoms with van der Waals surface area (Å²) in [5.74, 6) is 1.03. The Hall–Kier alpha value is -1.39. The van der Waals surface area contributed by atoms with Crippen molar-refractivity contribution in [3.8, 4) is 0 Å². The first kappa shape index (κ1) is 18.9. The van der Waals surface area contributed by atoms with Gasteiger partial charge in [-0.3, -0.25) is 9.59 Å². The van der Waals surface area contributed by atoms with Crippen molar-refractivity contribution in [1.82, 2.24) is 10.2 Å². The average Bonchev–Trinajstić information content (AvgIpc) is 2.59. The third-order valence-electron chi connectivity index (χ3n) is 5.41. The van der Waals surface area contributed by atoms with Crippen LogP contribution in [-0.4, -0.2) is 41.6 Å². The maximum Gasteiger partial charge on any atom is 0.222 e. The summed E-state index contributed by atoms with van der Waals surface area (Å²) in [6.45, 7) is 2.98. The first-order valence-corrected chi connectivity index (χ1v) is 9.61. The minimum atomic E-state index is -0.0488. The van der Waals surface area contributed by atoms with Gasteiger partial charge in [-0.2, -0.15) is 0 Å². The number of likely N-dealkylation sites (tertiary alicyclic amines) is 1. The van der Waals surface area contributed by atoms with Crippen LogP contribution >= 0.6 is 0 Å². The van der Waals surface area contributed by atoms with Gasteiger partial charge in [0.15, 0.2) is 0 Å². The zero-order valence-corrected chi connectivity index (χ0v) is 15.0. The molecule has 136 valence electrons. The maximum absolute atomic E-state index is 12.3. The van der Waals surface area contributed by atoms with Crippen LogP contribution in [0.4, 0.5) is 0 Å². The molecule has 1 aliphatic heterocycles. The van der Waals surface area contributed by atoms with Crippen molar-refractivity contribution in [3.05, 3.63) is 0 Å². The molecule has 5 nitrogen and oxygen atoms in total. The largest absolute Gasteiger partial charge is 0.353 e. The fraction of sp³-hybridized carbons (Fsp3) is 0.842. The lowest BCUT2D eigenvalue weighted by Crippen LogP contribution is -2.46. The molecule has 2 fully saturated rings. The topological polar surface area (TPSA) is 66.5 Å². The minimum absolute atomic E-state index is 0.0449. The number of ketones is 1. The van der Waals surface area contributed by atoms with E-state index in [1.165, 1.54) is 39.0 Å². The van der Waals surface area contributed by atoms with Gasteiger partial charge in [0.1, 0.15) is 5.78 Å². The molecule has 1 aliphatic carbocycles. The summed E-state index contributed by atoms with van der Waals surface area (Å²) in [6.07, 6.45) is 10.5. The fourth-order valence-electron chi connectivity index (χ4n) is 3.82. The summed E-state index contributed by atoms with van der Waals surface area (Å²) >= 11 is 0. The van der Waals surface area contributed by atoms with Gasteiger partial charge in [0.25, 0.3) is 0 Å². The van der Waals surface area contributed by atoms with Crippen LogP contribution < -0.4 is 5.32 Å². The molecule has 5 heteroatoms. The molecule has 0 bridgehead atoms. The van der Waals surface area contributed by atoms with Gasteiger partial charge in [-0.1, -0.05) is 32.1 Å². The molecule has 0 radical (unpaired) electrons. The fourth-order valence-corrected chi connectivity index (χ4v) is 3.82. The van der Waals surface area contributed by atoms with Crippen molar-refractivity contribution in [2.24, 2.45) is 5.92 Å². The predicted octanol–water partition coefficient (Wildman–Crippen LogP) is 2.82. The predicted molar refractivity (Wildman–Crippen MR) is 93.5 cm³/mol. The quantitative estimate of drug-likeness (QED) is 0.777. The highest BCUT2D eigenvalue weighted by molar-refractivity contribution is 5.83. The van der Waals surface area contributed by atoms with E-state index in [9.17, 15) is 14.4 Å². The van der Waals surface area contributed by atoms with E-state index < -0.39 is 0 Å². The third kappa shape index (κ3) is 6.62. The lowest BCUT2D eigenvalue weighted by Gasteiger charge is -2.33. The number of nitrogens with zero attached hydrogens (tertiary/aromatic N) is 1. The Morgan fingerprint density at radius 3 is 2.21 bits per heavy atom. The van der Waals surface area contributed by atoms with E-state index in [4.69, 9.17) is 0 Å². The summed E-state index contributed by atoms with van der Waals surface area (Å²) in [4.78, 5) is 37.0. The Labute approximate surface area is 145 Å². The van der Waals surface area contributed by atoms with Gasteiger partial charge in [0.2, 0.25) is 11.8 Å². The van der Waals surface area contributed by atoms with Crippen LogP contribution in [0.15, 0.2) is 0 Å². The van der Waals surface area contributed by atoms with Crippen LogP contribution in [0.3, 0.4) is 0 Å². The molecule has 24 heavy (non-hydrogen) atoms. The molecule has 1 saturated carbocycles. The molecule has 0 aromatic carbocycles. The van der Waals surface area contributed by atoms with Crippen molar-refractivity contribution in [1.29, 1.82) is 0 Å². The standard InChI is InChI=1S/C19H32N2O3/c1-15(22)7-9-18(23)20-17-11-13-21(14-12-17)19(24)10-8-16-5-3-2-4-6-16/h16-17H,2-14H2,1H3,(H,20,23). The Morgan fingerprint density at radius 2 is 1.58 bits per heavy atom. The first-order chi connectivity index (χ1) is 11.5. The van der Waals surface area contributed by atoms with Crippen LogP contribution in [0.25, 0.3) is 0 Å². The monoisotopic (exact) mass is 336 g/mol. The van der Waals surface area contributed by atoms with E-state index in [1.54, 1.807) is 0 Å². The molecule has 2 amide bonds. The average molecular weight is 336 g/mol. The van der Waals surface area contributed by atoms with Gasteiger partial charge in [-0.05, 0) is 32.1 Å². The second-order valence-corrected chi connectivity index (χ2v) is 7.47. The zero-order valence-electron chi connectivity index (χ0n) is 15.0. The molecular weight excluding hydrogens is 304 g/mol. The molecule has 1 saturated heterocycles. The van der Waals surface area contributed by atoms with Crippen LogP contribution in [0.2, 0.25) is 0 Å². The second-order valence-electron chi connectivity index (χ2n) is 7.47. The number of amides is 2. The highest BCUT2D eigenvalue weighted by Crippen LogP contribution is 2.27. The van der Waals surface area contributed by atoms with Gasteiger partial charge >= 0.3 is 0 Å². The molecule has 0 unspecified atom stereocenters. The Bertz CT molecular complexity index is 436. The van der Waals surface area contributed by atoms with Crippen LogP contribution in [0, 0.1) is 5.92 Å². The number of piperidine rings is 1. The van der Waals surface area contributed by atoms with Crippen LogP contribution in [-0.2, 0) is 14.4 Å². The number of nitrogens with one attached hydrogen (secondary N) is 1. The molecule has 0 aromatic rings. The number of carbonyl (C=O) groups excluding carboxylic acids is 3. The Kier molecular flexibility index (Phi) is 7.73. The SMILES string of the molecule is CC(=O)CCC(=O)NC1CCN(C(=O)CCC2CCCCC2)CC1. The molecule has 2 aliphatic rings.